The van der Waals surface area contributed by atoms with Gasteiger partial charge in [-0.2, -0.15) is 9.41 Å². The van der Waals surface area contributed by atoms with E-state index in [1.165, 1.54) is 49.0 Å². The van der Waals surface area contributed by atoms with Crippen molar-refractivity contribution in [1.82, 2.24) is 15.0 Å². The van der Waals surface area contributed by atoms with E-state index in [-0.39, 0.29) is 30.1 Å². The predicted octanol–water partition coefficient (Wildman–Crippen LogP) is 0.605. The van der Waals surface area contributed by atoms with Crippen LogP contribution in [0.5, 0.6) is 11.5 Å². The number of sulfonamides is 1. The standard InChI is InChI=1S/C22H26N4O7S/c1-31-19-8-3-16(13-20(19)32-2)14-24-25-21(27)15-23-22(28)17-4-6-18(7-5-17)34(29,30)26-9-11-33-12-10-26/h3-8,13-14H,9-12,15H2,1-2H3,(H,23,28)(H,25,27)/b24-14-. The summed E-state index contributed by atoms with van der Waals surface area (Å²) < 4.78 is 42.2. The van der Waals surface area contributed by atoms with Crippen LogP contribution in [0.1, 0.15) is 15.9 Å². The van der Waals surface area contributed by atoms with Crippen LogP contribution in [-0.4, -0.2) is 77.8 Å². The van der Waals surface area contributed by atoms with Crippen LogP contribution in [0, 0.1) is 0 Å². The van der Waals surface area contributed by atoms with Gasteiger partial charge in [-0.3, -0.25) is 9.59 Å². The lowest BCUT2D eigenvalue weighted by molar-refractivity contribution is -0.120. The van der Waals surface area contributed by atoms with Gasteiger partial charge in [-0.15, -0.1) is 0 Å². The van der Waals surface area contributed by atoms with E-state index < -0.39 is 21.8 Å². The van der Waals surface area contributed by atoms with Crippen LogP contribution in [-0.2, 0) is 19.6 Å². The van der Waals surface area contributed by atoms with E-state index in [2.05, 4.69) is 15.8 Å². The van der Waals surface area contributed by atoms with Crippen LogP contribution >= 0.6 is 0 Å². The fourth-order valence-corrected chi connectivity index (χ4v) is 4.54. The molecular formula is C22H26N4O7S. The third-order valence-corrected chi connectivity index (χ3v) is 6.86. The van der Waals surface area contributed by atoms with Gasteiger partial charge in [0, 0.05) is 18.7 Å². The van der Waals surface area contributed by atoms with Crippen molar-refractivity contribution in [2.45, 2.75) is 4.90 Å². The number of amides is 2. The zero-order valence-corrected chi connectivity index (χ0v) is 19.6. The van der Waals surface area contributed by atoms with E-state index >= 15 is 0 Å². The third kappa shape index (κ3) is 6.31. The maximum Gasteiger partial charge on any atom is 0.259 e. The van der Waals surface area contributed by atoms with Crippen LogP contribution in [0.2, 0.25) is 0 Å². The number of benzene rings is 2. The molecule has 0 radical (unpaired) electrons. The van der Waals surface area contributed by atoms with E-state index in [1.54, 1.807) is 18.2 Å². The molecule has 12 heteroatoms. The van der Waals surface area contributed by atoms with Gasteiger partial charge >= 0.3 is 0 Å². The first-order valence-electron chi connectivity index (χ1n) is 10.3. The molecule has 0 aromatic heterocycles. The number of carbonyl (C=O) groups is 2. The quantitative estimate of drug-likeness (QED) is 0.388. The monoisotopic (exact) mass is 490 g/mol. The molecule has 2 aromatic carbocycles. The first kappa shape index (κ1) is 25.1. The molecule has 0 unspecified atom stereocenters. The van der Waals surface area contributed by atoms with Gasteiger partial charge in [0.25, 0.3) is 11.8 Å². The number of rotatable bonds is 9. The lowest BCUT2D eigenvalue weighted by Gasteiger charge is -2.26. The van der Waals surface area contributed by atoms with E-state index in [0.717, 1.165) is 0 Å². The molecule has 1 aliphatic heterocycles. The molecule has 2 amide bonds. The first-order valence-corrected chi connectivity index (χ1v) is 11.8. The van der Waals surface area contributed by atoms with Crippen LogP contribution in [0.4, 0.5) is 0 Å². The Hall–Kier alpha value is -3.48. The third-order valence-electron chi connectivity index (χ3n) is 4.94. The molecule has 34 heavy (non-hydrogen) atoms. The molecule has 1 heterocycles. The zero-order valence-electron chi connectivity index (χ0n) is 18.8. The lowest BCUT2D eigenvalue weighted by Crippen LogP contribution is -2.40. The molecular weight excluding hydrogens is 464 g/mol. The molecule has 2 aromatic rings. The van der Waals surface area contributed by atoms with Gasteiger partial charge in [-0.05, 0) is 48.0 Å². The maximum atomic E-state index is 12.6. The topological polar surface area (TPSA) is 136 Å². The molecule has 1 saturated heterocycles. The molecule has 182 valence electrons. The largest absolute Gasteiger partial charge is 0.493 e. The van der Waals surface area contributed by atoms with E-state index in [9.17, 15) is 18.0 Å². The Balaban J connectivity index is 1.50. The van der Waals surface area contributed by atoms with E-state index in [1.807, 2.05) is 0 Å². The van der Waals surface area contributed by atoms with E-state index in [0.29, 0.717) is 30.3 Å². The Labute approximate surface area is 197 Å². The van der Waals surface area contributed by atoms with Gasteiger partial charge < -0.3 is 19.5 Å². The summed E-state index contributed by atoms with van der Waals surface area (Å²) in [6, 6.07) is 10.7. The summed E-state index contributed by atoms with van der Waals surface area (Å²) in [5.74, 6) is 0.0397. The number of nitrogens with one attached hydrogen (secondary N) is 2. The fraction of sp³-hybridized carbons (Fsp3) is 0.318. The lowest BCUT2D eigenvalue weighted by atomic mass is 10.2. The number of hydrogen-bond donors (Lipinski definition) is 2. The maximum absolute atomic E-state index is 12.6. The summed E-state index contributed by atoms with van der Waals surface area (Å²) in [6.07, 6.45) is 1.43. The second-order valence-electron chi connectivity index (χ2n) is 7.13. The minimum Gasteiger partial charge on any atom is -0.493 e. The number of morpholine rings is 1. The molecule has 0 spiro atoms. The molecule has 0 saturated carbocycles. The summed E-state index contributed by atoms with van der Waals surface area (Å²) in [6.45, 7) is 0.957. The predicted molar refractivity (Wildman–Crippen MR) is 124 cm³/mol. The van der Waals surface area contributed by atoms with Crippen molar-refractivity contribution >= 4 is 28.1 Å². The Kier molecular flexibility index (Phi) is 8.57. The molecule has 1 aliphatic rings. The Bertz CT molecular complexity index is 1140. The Morgan fingerprint density at radius 2 is 1.74 bits per heavy atom. The fourth-order valence-electron chi connectivity index (χ4n) is 3.13. The van der Waals surface area contributed by atoms with Gasteiger partial charge in [-0.25, -0.2) is 13.8 Å². The minimum atomic E-state index is -3.65. The highest BCUT2D eigenvalue weighted by atomic mass is 32.2. The van der Waals surface area contributed by atoms with Crippen molar-refractivity contribution in [3.05, 3.63) is 53.6 Å². The number of methoxy groups -OCH3 is 2. The van der Waals surface area contributed by atoms with Gasteiger partial charge in [0.1, 0.15) is 0 Å². The van der Waals surface area contributed by atoms with Crippen molar-refractivity contribution in [2.75, 3.05) is 47.1 Å². The van der Waals surface area contributed by atoms with Crippen molar-refractivity contribution in [1.29, 1.82) is 0 Å². The first-order chi connectivity index (χ1) is 16.3. The van der Waals surface area contributed by atoms with Crippen LogP contribution in [0.15, 0.2) is 52.5 Å². The smallest absolute Gasteiger partial charge is 0.259 e. The number of hydrazone groups is 1. The van der Waals surface area contributed by atoms with Crippen molar-refractivity contribution in [3.8, 4) is 11.5 Å². The summed E-state index contributed by atoms with van der Waals surface area (Å²) in [7, 11) is -0.602. The highest BCUT2D eigenvalue weighted by molar-refractivity contribution is 7.89. The van der Waals surface area contributed by atoms with E-state index in [4.69, 9.17) is 14.2 Å². The van der Waals surface area contributed by atoms with Crippen LogP contribution in [0.25, 0.3) is 0 Å². The summed E-state index contributed by atoms with van der Waals surface area (Å²) in [4.78, 5) is 24.4. The number of carbonyl (C=O) groups excluding carboxylic acids is 2. The minimum absolute atomic E-state index is 0.0909. The Morgan fingerprint density at radius 1 is 1.06 bits per heavy atom. The average molecular weight is 491 g/mol. The van der Waals surface area contributed by atoms with Crippen LogP contribution < -0.4 is 20.2 Å². The molecule has 0 bridgehead atoms. The van der Waals surface area contributed by atoms with Gasteiger partial charge in [0.2, 0.25) is 10.0 Å². The Morgan fingerprint density at radius 3 is 2.38 bits per heavy atom. The van der Waals surface area contributed by atoms with Crippen LogP contribution in [0.3, 0.4) is 0 Å². The van der Waals surface area contributed by atoms with Gasteiger partial charge in [0.05, 0.1) is 45.1 Å². The SMILES string of the molecule is COc1ccc(/C=N\NC(=O)CNC(=O)c2ccc(S(=O)(=O)N3CCOCC3)cc2)cc1OC. The summed E-state index contributed by atoms with van der Waals surface area (Å²) >= 11 is 0. The molecule has 0 aliphatic carbocycles. The second kappa shape index (κ2) is 11.6. The number of hydrogen-bond acceptors (Lipinski definition) is 8. The summed E-state index contributed by atoms with van der Waals surface area (Å²) in [5, 5.41) is 6.32. The molecule has 1 fully saturated rings. The van der Waals surface area contributed by atoms with Gasteiger partial charge in [-0.1, -0.05) is 0 Å². The number of nitrogens with zero attached hydrogens (tertiary/aromatic N) is 2. The van der Waals surface area contributed by atoms with Gasteiger partial charge in [0.15, 0.2) is 11.5 Å². The second-order valence-corrected chi connectivity index (χ2v) is 9.07. The normalized spacial score (nSPS) is 14.5. The number of ether oxygens (including phenoxy) is 3. The molecule has 11 nitrogen and oxygen atoms in total. The van der Waals surface area contributed by atoms with Crippen molar-refractivity contribution < 1.29 is 32.2 Å². The zero-order chi connectivity index (χ0) is 24.6. The molecule has 3 rings (SSSR count). The molecule has 2 N–H and O–H groups in total. The highest BCUT2D eigenvalue weighted by Crippen LogP contribution is 2.26. The van der Waals surface area contributed by atoms with Crippen molar-refractivity contribution in [3.63, 3.8) is 0 Å². The van der Waals surface area contributed by atoms with Crippen molar-refractivity contribution in [2.24, 2.45) is 5.10 Å². The molecule has 0 atom stereocenters. The highest BCUT2D eigenvalue weighted by Gasteiger charge is 2.26. The average Bonchev–Trinajstić information content (AvgIpc) is 2.87. The summed E-state index contributed by atoms with van der Waals surface area (Å²) in [5.41, 5.74) is 3.22.